The van der Waals surface area contributed by atoms with Crippen molar-refractivity contribution in [3.63, 3.8) is 0 Å². The fourth-order valence-corrected chi connectivity index (χ4v) is 4.32. The van der Waals surface area contributed by atoms with E-state index in [1.807, 2.05) is 6.92 Å². The second-order valence-corrected chi connectivity index (χ2v) is 10.2. The molecule has 0 aromatic heterocycles. The van der Waals surface area contributed by atoms with Gasteiger partial charge in [-0.1, -0.05) is 19.8 Å². The predicted octanol–water partition coefficient (Wildman–Crippen LogP) is 1.08. The Bertz CT molecular complexity index is 1120. The molecule has 10 nitrogen and oxygen atoms in total. The van der Waals surface area contributed by atoms with Crippen molar-refractivity contribution in [1.82, 2.24) is 0 Å². The summed E-state index contributed by atoms with van der Waals surface area (Å²) >= 11 is 0. The second-order valence-electron chi connectivity index (χ2n) is 7.07. The molecule has 1 saturated heterocycles. The Morgan fingerprint density at radius 3 is 1.39 bits per heavy atom. The lowest BCUT2D eigenvalue weighted by Crippen LogP contribution is -2.41. The van der Waals surface area contributed by atoms with E-state index in [9.17, 15) is 26.4 Å². The first-order valence-corrected chi connectivity index (χ1v) is 12.5. The standard InChI is InChI=1S/C19H22N4O6S2/c1-2-3-4-17-18(24)22(13-5-9-15(10-6-13)30(20,26)27)23(19(17)25)14-7-11-16(12-8-14)31(21,28)29/h5-12,17H,2-4H2,1H3,(H2,20,26,27)(H2,21,28,29). The Kier molecular flexibility index (Phi) is 6.18. The van der Waals surface area contributed by atoms with E-state index in [4.69, 9.17) is 10.3 Å². The molecule has 31 heavy (non-hydrogen) atoms. The Morgan fingerprint density at radius 2 is 1.10 bits per heavy atom. The Morgan fingerprint density at radius 1 is 0.742 bits per heavy atom. The maximum atomic E-state index is 13.1. The molecular weight excluding hydrogens is 444 g/mol. The topological polar surface area (TPSA) is 161 Å². The van der Waals surface area contributed by atoms with Crippen LogP contribution in [-0.2, 0) is 29.6 Å². The van der Waals surface area contributed by atoms with E-state index in [1.54, 1.807) is 0 Å². The molecule has 3 rings (SSSR count). The molecule has 2 amide bonds. The summed E-state index contributed by atoms with van der Waals surface area (Å²) in [7, 11) is -7.85. The van der Waals surface area contributed by atoms with Crippen LogP contribution in [0.15, 0.2) is 58.3 Å². The minimum Gasteiger partial charge on any atom is -0.272 e. The zero-order valence-corrected chi connectivity index (χ0v) is 18.3. The maximum absolute atomic E-state index is 13.1. The normalized spacial score (nSPS) is 15.7. The van der Waals surface area contributed by atoms with Crippen LogP contribution in [0.2, 0.25) is 0 Å². The number of carbonyl (C=O) groups excluding carboxylic acids is 2. The Hall–Kier alpha value is -2.80. The molecule has 0 unspecified atom stereocenters. The van der Waals surface area contributed by atoms with Crippen LogP contribution in [0.25, 0.3) is 0 Å². The summed E-state index contributed by atoms with van der Waals surface area (Å²) in [5, 5.41) is 12.6. The molecule has 1 aliphatic rings. The van der Waals surface area contributed by atoms with Crippen LogP contribution in [0.4, 0.5) is 11.4 Å². The van der Waals surface area contributed by atoms with Crippen molar-refractivity contribution in [1.29, 1.82) is 0 Å². The number of sulfonamides is 2. The van der Waals surface area contributed by atoms with Gasteiger partial charge >= 0.3 is 0 Å². The number of hydrazine groups is 1. The lowest BCUT2D eigenvalue weighted by molar-refractivity contribution is -0.127. The SMILES string of the molecule is CCCCC1C(=O)N(c2ccc(S(N)(=O)=O)cc2)N(c2ccc(S(N)(=O)=O)cc2)C1=O. The number of hydrogen-bond acceptors (Lipinski definition) is 6. The average Bonchev–Trinajstić information content (AvgIpc) is 2.95. The van der Waals surface area contributed by atoms with E-state index in [2.05, 4.69) is 0 Å². The van der Waals surface area contributed by atoms with Gasteiger partial charge in [0.1, 0.15) is 5.92 Å². The van der Waals surface area contributed by atoms with Gasteiger partial charge in [-0.2, -0.15) is 0 Å². The summed E-state index contributed by atoms with van der Waals surface area (Å²) < 4.78 is 46.1. The number of nitrogens with two attached hydrogens (primary N) is 2. The van der Waals surface area contributed by atoms with Crippen LogP contribution in [0, 0.1) is 5.92 Å². The molecule has 2 aromatic carbocycles. The number of rotatable bonds is 7. The first kappa shape index (κ1) is 22.9. The number of amides is 2. The zero-order chi connectivity index (χ0) is 23.0. The zero-order valence-electron chi connectivity index (χ0n) is 16.6. The quantitative estimate of drug-likeness (QED) is 0.580. The summed E-state index contributed by atoms with van der Waals surface area (Å²) in [6.07, 6.45) is 1.81. The van der Waals surface area contributed by atoms with Crippen molar-refractivity contribution in [3.8, 4) is 0 Å². The van der Waals surface area contributed by atoms with Gasteiger partial charge in [0.2, 0.25) is 20.0 Å². The van der Waals surface area contributed by atoms with Gasteiger partial charge in [0.05, 0.1) is 21.2 Å². The predicted molar refractivity (Wildman–Crippen MR) is 114 cm³/mol. The average molecular weight is 467 g/mol. The molecule has 0 aliphatic carbocycles. The smallest absolute Gasteiger partial charge is 0.258 e. The lowest BCUT2D eigenvalue weighted by Gasteiger charge is -2.28. The van der Waals surface area contributed by atoms with Crippen LogP contribution < -0.4 is 20.3 Å². The molecule has 0 bridgehead atoms. The molecule has 12 heteroatoms. The van der Waals surface area contributed by atoms with Crippen molar-refractivity contribution in [2.75, 3.05) is 10.0 Å². The molecular formula is C19H22N4O6S2. The van der Waals surface area contributed by atoms with Crippen molar-refractivity contribution >= 4 is 43.2 Å². The molecule has 0 spiro atoms. The van der Waals surface area contributed by atoms with Gasteiger partial charge in [-0.05, 0) is 55.0 Å². The van der Waals surface area contributed by atoms with Crippen LogP contribution in [0.5, 0.6) is 0 Å². The van der Waals surface area contributed by atoms with Gasteiger partial charge in [-0.3, -0.25) is 9.59 Å². The van der Waals surface area contributed by atoms with E-state index in [0.717, 1.165) is 16.4 Å². The number of primary sulfonamides is 2. The van der Waals surface area contributed by atoms with E-state index < -0.39 is 37.8 Å². The molecule has 0 radical (unpaired) electrons. The first-order chi connectivity index (χ1) is 14.4. The Labute approximate surface area is 180 Å². The van der Waals surface area contributed by atoms with Crippen LogP contribution in [0.1, 0.15) is 26.2 Å². The van der Waals surface area contributed by atoms with Gasteiger partial charge in [-0.25, -0.2) is 37.1 Å². The fourth-order valence-electron chi connectivity index (χ4n) is 3.29. The largest absolute Gasteiger partial charge is 0.272 e. The summed E-state index contributed by atoms with van der Waals surface area (Å²) in [4.78, 5) is 26.0. The van der Waals surface area contributed by atoms with E-state index in [1.165, 1.54) is 48.5 Å². The molecule has 1 heterocycles. The van der Waals surface area contributed by atoms with Gasteiger partial charge in [0.15, 0.2) is 0 Å². The van der Waals surface area contributed by atoms with Crippen molar-refractivity contribution in [3.05, 3.63) is 48.5 Å². The number of nitrogens with zero attached hydrogens (tertiary/aromatic N) is 2. The third-order valence-electron chi connectivity index (χ3n) is 4.88. The third kappa shape index (κ3) is 4.61. The molecule has 166 valence electrons. The lowest BCUT2D eigenvalue weighted by atomic mass is 10.0. The monoisotopic (exact) mass is 466 g/mol. The highest BCUT2D eigenvalue weighted by molar-refractivity contribution is 7.89. The van der Waals surface area contributed by atoms with E-state index >= 15 is 0 Å². The van der Waals surface area contributed by atoms with Gasteiger partial charge in [-0.15, -0.1) is 0 Å². The third-order valence-corrected chi connectivity index (χ3v) is 6.74. The first-order valence-electron chi connectivity index (χ1n) is 9.38. The van der Waals surface area contributed by atoms with Crippen molar-refractivity contribution in [2.45, 2.75) is 36.0 Å². The maximum Gasteiger partial charge on any atom is 0.258 e. The number of carbonyl (C=O) groups is 2. The number of benzene rings is 2. The second kappa shape index (κ2) is 8.38. The number of hydrogen-bond donors (Lipinski definition) is 2. The number of anilines is 2. The van der Waals surface area contributed by atoms with E-state index in [0.29, 0.717) is 12.8 Å². The van der Waals surface area contributed by atoms with Crippen LogP contribution in [-0.4, -0.2) is 28.6 Å². The summed E-state index contributed by atoms with van der Waals surface area (Å²) in [5.74, 6) is -1.83. The van der Waals surface area contributed by atoms with E-state index in [-0.39, 0.29) is 21.2 Å². The number of unbranched alkanes of at least 4 members (excludes halogenated alkanes) is 1. The highest BCUT2D eigenvalue weighted by Gasteiger charge is 2.46. The molecule has 1 aliphatic heterocycles. The van der Waals surface area contributed by atoms with Gasteiger partial charge in [0, 0.05) is 0 Å². The van der Waals surface area contributed by atoms with Crippen molar-refractivity contribution in [2.24, 2.45) is 16.2 Å². The molecule has 0 saturated carbocycles. The summed E-state index contributed by atoms with van der Waals surface area (Å²) in [6.45, 7) is 1.94. The van der Waals surface area contributed by atoms with Gasteiger partial charge in [0.25, 0.3) is 11.8 Å². The minimum atomic E-state index is -3.93. The molecule has 0 atom stereocenters. The fraction of sp³-hybridized carbons (Fsp3) is 0.263. The molecule has 1 fully saturated rings. The van der Waals surface area contributed by atoms with Gasteiger partial charge < -0.3 is 0 Å². The minimum absolute atomic E-state index is 0.138. The Balaban J connectivity index is 2.06. The van der Waals surface area contributed by atoms with Crippen LogP contribution >= 0.6 is 0 Å². The van der Waals surface area contributed by atoms with Crippen molar-refractivity contribution < 1.29 is 26.4 Å². The summed E-state index contributed by atoms with van der Waals surface area (Å²) in [6, 6.07) is 10.5. The molecule has 2 aromatic rings. The molecule has 4 N–H and O–H groups in total. The highest BCUT2D eigenvalue weighted by Crippen LogP contribution is 2.34. The van der Waals surface area contributed by atoms with Crippen LogP contribution in [0.3, 0.4) is 0 Å². The summed E-state index contributed by atoms with van der Waals surface area (Å²) in [5.41, 5.74) is 0.528. The highest BCUT2D eigenvalue weighted by atomic mass is 32.2.